The summed E-state index contributed by atoms with van der Waals surface area (Å²) in [5.41, 5.74) is -2.31. The average Bonchev–Trinajstić information content (AvgIpc) is 2.96. The van der Waals surface area contributed by atoms with Crippen molar-refractivity contribution in [3.63, 3.8) is 0 Å². The van der Waals surface area contributed by atoms with Gasteiger partial charge in [0, 0.05) is 38.8 Å². The van der Waals surface area contributed by atoms with Crippen LogP contribution in [0, 0.1) is 0 Å². The molecule has 2 aliphatic heterocycles. The lowest BCUT2D eigenvalue weighted by atomic mass is 9.80. The van der Waals surface area contributed by atoms with Crippen LogP contribution in [-0.4, -0.2) is 81.7 Å². The Hall–Kier alpha value is -3.38. The molecule has 2 amide bonds. The van der Waals surface area contributed by atoms with E-state index in [2.05, 4.69) is 10.6 Å². The molecule has 2 N–H and O–H groups in total. The number of nitrogens with zero attached hydrogens (tertiary/aromatic N) is 2. The van der Waals surface area contributed by atoms with E-state index in [1.807, 2.05) is 69.2 Å². The Morgan fingerprint density at radius 2 is 0.938 bits per heavy atom. The second-order valence-electron chi connectivity index (χ2n) is 15.6. The van der Waals surface area contributed by atoms with Crippen LogP contribution in [0.1, 0.15) is 141 Å². The van der Waals surface area contributed by atoms with E-state index in [1.54, 1.807) is 34.4 Å². The first-order valence-corrected chi connectivity index (χ1v) is 17.4. The molecule has 48 heavy (non-hydrogen) atoms. The second-order valence-corrected chi connectivity index (χ2v) is 15.6. The molecule has 12 heteroatoms. The molecule has 2 aliphatic rings. The first-order chi connectivity index (χ1) is 22.3. The van der Waals surface area contributed by atoms with Crippen molar-refractivity contribution in [3.8, 4) is 0 Å². The van der Waals surface area contributed by atoms with Gasteiger partial charge in [0.15, 0.2) is 0 Å². The molecule has 2 fully saturated rings. The maximum absolute atomic E-state index is 13.6. The van der Waals surface area contributed by atoms with Gasteiger partial charge in [-0.2, -0.15) is 0 Å². The first-order valence-electron chi connectivity index (χ1n) is 17.4. The number of benzene rings is 1. The molecule has 0 bridgehead atoms. The number of nitrogens with one attached hydrogen (secondary N) is 2. The van der Waals surface area contributed by atoms with Gasteiger partial charge in [-0.15, -0.1) is 10.1 Å². The average molecular weight is 675 g/mol. The molecule has 0 aliphatic carbocycles. The fourth-order valence-electron chi connectivity index (χ4n) is 7.24. The molecule has 3 rings (SSSR count). The Morgan fingerprint density at radius 3 is 1.23 bits per heavy atom. The number of esters is 2. The van der Waals surface area contributed by atoms with Crippen molar-refractivity contribution in [2.45, 2.75) is 155 Å². The van der Waals surface area contributed by atoms with E-state index in [-0.39, 0.29) is 11.1 Å². The van der Waals surface area contributed by atoms with Crippen molar-refractivity contribution < 1.29 is 38.3 Å². The zero-order valence-electron chi connectivity index (χ0n) is 30.7. The van der Waals surface area contributed by atoms with Crippen molar-refractivity contribution in [1.82, 2.24) is 20.8 Å². The number of hydrogen-bond donors (Lipinski definition) is 2. The number of piperidine rings is 2. The molecule has 12 nitrogen and oxygen atoms in total. The van der Waals surface area contributed by atoms with E-state index < -0.39 is 58.5 Å². The molecule has 0 atom stereocenters. The maximum Gasteiger partial charge on any atom is 0.426 e. The topological polar surface area (TPSA) is 136 Å². The van der Waals surface area contributed by atoms with Gasteiger partial charge in [0.2, 0.25) is 0 Å². The summed E-state index contributed by atoms with van der Waals surface area (Å²) in [6.07, 6.45) is 3.31. The van der Waals surface area contributed by atoms with Crippen LogP contribution in [0.4, 0.5) is 9.59 Å². The van der Waals surface area contributed by atoms with Crippen LogP contribution >= 0.6 is 0 Å². The predicted octanol–water partition coefficient (Wildman–Crippen LogP) is 6.93. The Kier molecular flexibility index (Phi) is 12.9. The molecule has 2 saturated heterocycles. The molecule has 1 aromatic carbocycles. The van der Waals surface area contributed by atoms with E-state index in [4.69, 9.17) is 19.1 Å². The van der Waals surface area contributed by atoms with Gasteiger partial charge < -0.3 is 29.8 Å². The van der Waals surface area contributed by atoms with E-state index >= 15 is 0 Å². The number of carbonyl (C=O) groups is 4. The lowest BCUT2D eigenvalue weighted by Gasteiger charge is -2.52. The third-order valence-corrected chi connectivity index (χ3v) is 8.97. The van der Waals surface area contributed by atoms with E-state index in [0.29, 0.717) is 38.8 Å². The fraction of sp³-hybridized carbons (Fsp3) is 0.722. The standard InChI is InChI=1S/C36H58N4O8/c1-11-13-19-37-31(43)47-39-33(3,4)21-25(22-34(39,5)6)45-29(41)27-17-15-16-18-28(27)30(42)46-26-23-35(7,8)40(36(9,10)24-26)48-32(44)38-20-14-12-2/h15-18,25-26H,11-14,19-24H2,1-10H3,(H,37,43)(H,38,44). The van der Waals surface area contributed by atoms with Crippen molar-refractivity contribution in [1.29, 1.82) is 0 Å². The van der Waals surface area contributed by atoms with E-state index in [1.165, 1.54) is 0 Å². The normalized spacial score (nSPS) is 20.7. The van der Waals surface area contributed by atoms with Gasteiger partial charge in [0.25, 0.3) is 0 Å². The SMILES string of the molecule is CCCCNC(=O)ON1C(C)(C)CC(OC(=O)c2ccccc2C(=O)OC2CC(C)(C)N(OC(=O)NCCCC)C(C)(C)C2)CC1(C)C. The Bertz CT molecular complexity index is 1160. The fourth-order valence-corrected chi connectivity index (χ4v) is 7.24. The Labute approximate surface area is 286 Å². The number of hydroxylamine groups is 4. The maximum atomic E-state index is 13.6. The van der Waals surface area contributed by atoms with Crippen molar-refractivity contribution in [2.24, 2.45) is 0 Å². The summed E-state index contributed by atoms with van der Waals surface area (Å²) >= 11 is 0. The number of rotatable bonds is 12. The van der Waals surface area contributed by atoms with E-state index in [0.717, 1.165) is 25.7 Å². The molecule has 0 saturated carbocycles. The van der Waals surface area contributed by atoms with Crippen LogP contribution < -0.4 is 10.6 Å². The highest BCUT2D eigenvalue weighted by Gasteiger charge is 2.51. The number of ether oxygens (including phenoxy) is 2. The van der Waals surface area contributed by atoms with Gasteiger partial charge in [-0.3, -0.25) is 0 Å². The summed E-state index contributed by atoms with van der Waals surface area (Å²) in [6, 6.07) is 6.50. The highest BCUT2D eigenvalue weighted by atomic mass is 16.7. The Balaban J connectivity index is 1.68. The van der Waals surface area contributed by atoms with Gasteiger partial charge in [-0.05, 0) is 80.4 Å². The van der Waals surface area contributed by atoms with Crippen LogP contribution in [0.3, 0.4) is 0 Å². The smallest absolute Gasteiger partial charge is 0.426 e. The number of hydrogen-bond acceptors (Lipinski definition) is 10. The summed E-state index contributed by atoms with van der Waals surface area (Å²) in [4.78, 5) is 63.7. The molecular weight excluding hydrogens is 616 g/mol. The van der Waals surface area contributed by atoms with Crippen LogP contribution in [0.25, 0.3) is 0 Å². The third-order valence-electron chi connectivity index (χ3n) is 8.97. The molecule has 1 aromatic rings. The zero-order valence-corrected chi connectivity index (χ0v) is 30.7. The van der Waals surface area contributed by atoms with E-state index in [9.17, 15) is 19.2 Å². The first kappa shape index (κ1) is 39.1. The predicted molar refractivity (Wildman–Crippen MR) is 182 cm³/mol. The quantitative estimate of drug-likeness (QED) is 0.178. The molecule has 0 unspecified atom stereocenters. The number of unbranched alkanes of at least 4 members (excludes halogenated alkanes) is 2. The van der Waals surface area contributed by atoms with Crippen molar-refractivity contribution in [3.05, 3.63) is 35.4 Å². The number of carbonyl (C=O) groups excluding carboxylic acids is 4. The highest BCUT2D eigenvalue weighted by molar-refractivity contribution is 6.03. The lowest BCUT2D eigenvalue weighted by molar-refractivity contribution is -0.254. The van der Waals surface area contributed by atoms with Gasteiger partial charge in [0.1, 0.15) is 12.2 Å². The summed E-state index contributed by atoms with van der Waals surface area (Å²) in [5, 5.41) is 8.95. The molecule has 0 aromatic heterocycles. The summed E-state index contributed by atoms with van der Waals surface area (Å²) in [7, 11) is 0. The van der Waals surface area contributed by atoms with Gasteiger partial charge >= 0.3 is 24.1 Å². The summed E-state index contributed by atoms with van der Waals surface area (Å²) < 4.78 is 12.0. The van der Waals surface area contributed by atoms with Crippen LogP contribution in [0.15, 0.2) is 24.3 Å². The molecule has 270 valence electrons. The minimum Gasteiger partial charge on any atom is -0.459 e. The molecule has 2 heterocycles. The highest BCUT2D eigenvalue weighted by Crippen LogP contribution is 2.41. The van der Waals surface area contributed by atoms with Crippen LogP contribution in [-0.2, 0) is 19.1 Å². The molecule has 0 spiro atoms. The Morgan fingerprint density at radius 1 is 0.625 bits per heavy atom. The zero-order chi connectivity index (χ0) is 35.9. The summed E-state index contributed by atoms with van der Waals surface area (Å²) in [5.74, 6) is -1.24. The molecule has 0 radical (unpaired) electrons. The van der Waals surface area contributed by atoms with Gasteiger partial charge in [-0.25, -0.2) is 19.2 Å². The minimum absolute atomic E-state index is 0.120. The summed E-state index contributed by atoms with van der Waals surface area (Å²) in [6.45, 7) is 20.7. The van der Waals surface area contributed by atoms with Crippen molar-refractivity contribution >= 4 is 24.1 Å². The van der Waals surface area contributed by atoms with Crippen LogP contribution in [0.2, 0.25) is 0 Å². The third kappa shape index (κ3) is 10.1. The molecular formula is C36H58N4O8. The monoisotopic (exact) mass is 674 g/mol. The van der Waals surface area contributed by atoms with Crippen molar-refractivity contribution in [2.75, 3.05) is 13.1 Å². The minimum atomic E-state index is -0.637. The van der Waals surface area contributed by atoms with Crippen LogP contribution in [0.5, 0.6) is 0 Å². The second kappa shape index (κ2) is 15.9. The van der Waals surface area contributed by atoms with Gasteiger partial charge in [-0.1, -0.05) is 38.8 Å². The lowest BCUT2D eigenvalue weighted by Crippen LogP contribution is -2.63. The van der Waals surface area contributed by atoms with Gasteiger partial charge in [0.05, 0.1) is 33.3 Å². The largest absolute Gasteiger partial charge is 0.459 e. The number of amides is 2.